The minimum Gasteiger partial charge on any atom is -0.389 e. The van der Waals surface area contributed by atoms with Crippen LogP contribution in [0.3, 0.4) is 0 Å². The van der Waals surface area contributed by atoms with E-state index in [1.165, 1.54) is 0 Å². The van der Waals surface area contributed by atoms with Crippen LogP contribution in [0.15, 0.2) is 42.5 Å². The van der Waals surface area contributed by atoms with Crippen LogP contribution in [0.1, 0.15) is 24.2 Å². The van der Waals surface area contributed by atoms with Gasteiger partial charge in [0, 0.05) is 19.5 Å². The van der Waals surface area contributed by atoms with Crippen LogP contribution < -0.4 is 5.32 Å². The summed E-state index contributed by atoms with van der Waals surface area (Å²) in [4.78, 5) is 13.9. The van der Waals surface area contributed by atoms with Gasteiger partial charge in [0.05, 0.1) is 17.9 Å². The van der Waals surface area contributed by atoms with Crippen LogP contribution >= 0.6 is 11.8 Å². The van der Waals surface area contributed by atoms with Gasteiger partial charge in [-0.05, 0) is 34.6 Å². The molecule has 1 aromatic carbocycles. The molecule has 2 amide bonds. The molecule has 28 heavy (non-hydrogen) atoms. The zero-order valence-electron chi connectivity index (χ0n) is 15.7. The number of thioether (sulfide) groups is 1. The highest BCUT2D eigenvalue weighted by molar-refractivity contribution is 7.98. The Morgan fingerprint density at radius 3 is 2.96 bits per heavy atom. The van der Waals surface area contributed by atoms with Crippen LogP contribution in [0.25, 0.3) is 0 Å². The Kier molecular flexibility index (Phi) is 7.86. The van der Waals surface area contributed by atoms with E-state index in [1.807, 2.05) is 41.3 Å². The van der Waals surface area contributed by atoms with Gasteiger partial charge >= 0.3 is 6.03 Å². The molecule has 3 rings (SSSR count). The number of hydrogen-bond donors (Lipinski definition) is 3. The first kappa shape index (κ1) is 20.3. The number of tetrazole rings is 1. The summed E-state index contributed by atoms with van der Waals surface area (Å²) >= 11 is 1.77. The Morgan fingerprint density at radius 1 is 1.32 bits per heavy atom. The Morgan fingerprint density at radius 2 is 2.18 bits per heavy atom. The average Bonchev–Trinajstić information content (AvgIpc) is 3.34. The number of amides is 2. The smallest absolute Gasteiger partial charge is 0.318 e. The number of aromatic amines is 1. The normalized spacial score (nSPS) is 18.0. The Labute approximate surface area is 168 Å². The fourth-order valence-corrected chi connectivity index (χ4v) is 3.94. The van der Waals surface area contributed by atoms with E-state index in [-0.39, 0.29) is 12.1 Å². The van der Waals surface area contributed by atoms with Gasteiger partial charge in [0.25, 0.3) is 0 Å². The number of rotatable bonds is 11. The third-order valence-corrected chi connectivity index (χ3v) is 5.59. The standard InChI is InChI=1S/C19H26N6O2S/c26-17(12-15-6-2-1-3-7-15)9-8-16-13-20-19(27)25(16)10-4-5-11-28-14-18-21-23-24-22-18/h1-3,6-9,16-17,26H,4-5,10-14H2,(H,20,27)(H,21,22,23,24)/b9-8+/t16-,17?/m0/s1. The number of nitrogens with one attached hydrogen (secondary N) is 2. The van der Waals surface area contributed by atoms with Crippen LogP contribution in [0.5, 0.6) is 0 Å². The summed E-state index contributed by atoms with van der Waals surface area (Å²) in [5.74, 6) is 2.54. The van der Waals surface area contributed by atoms with Gasteiger partial charge in [-0.3, -0.25) is 0 Å². The first-order chi connectivity index (χ1) is 13.7. The molecule has 2 heterocycles. The number of carbonyl (C=O) groups excluding carboxylic acids is 1. The largest absolute Gasteiger partial charge is 0.389 e. The minimum atomic E-state index is -0.554. The number of carbonyl (C=O) groups is 1. The van der Waals surface area contributed by atoms with Crippen molar-refractivity contribution in [3.63, 3.8) is 0 Å². The molecule has 9 heteroatoms. The molecule has 8 nitrogen and oxygen atoms in total. The molecule has 1 fully saturated rings. The molecule has 0 aliphatic carbocycles. The van der Waals surface area contributed by atoms with Crippen LogP contribution in [-0.2, 0) is 12.2 Å². The first-order valence-electron chi connectivity index (χ1n) is 9.47. The van der Waals surface area contributed by atoms with E-state index < -0.39 is 6.10 Å². The third kappa shape index (κ3) is 6.35. The van der Waals surface area contributed by atoms with E-state index in [0.717, 1.165) is 35.7 Å². The Hall–Kier alpha value is -2.39. The van der Waals surface area contributed by atoms with E-state index in [1.54, 1.807) is 17.8 Å². The molecule has 0 bridgehead atoms. The molecule has 1 aromatic heterocycles. The minimum absolute atomic E-state index is 0.00848. The molecule has 1 aliphatic rings. The lowest BCUT2D eigenvalue weighted by Crippen LogP contribution is -2.34. The molecule has 0 spiro atoms. The number of nitrogens with zero attached hydrogens (tertiary/aromatic N) is 4. The molecular formula is C19H26N6O2S. The zero-order chi connectivity index (χ0) is 19.6. The van der Waals surface area contributed by atoms with Crippen molar-refractivity contribution in [2.45, 2.75) is 37.2 Å². The molecule has 1 aliphatic heterocycles. The fourth-order valence-electron chi connectivity index (χ4n) is 3.07. The van der Waals surface area contributed by atoms with Gasteiger partial charge in [0.15, 0.2) is 5.82 Å². The SMILES string of the molecule is O=C1NC[C@H](/C=C/C(O)Cc2ccccc2)N1CCCCSCc1nnn[nH]1. The van der Waals surface area contributed by atoms with Gasteiger partial charge in [-0.25, -0.2) is 9.89 Å². The second kappa shape index (κ2) is 10.8. The van der Waals surface area contributed by atoms with Crippen LogP contribution in [0.4, 0.5) is 4.79 Å². The summed E-state index contributed by atoms with van der Waals surface area (Å²) in [7, 11) is 0. The number of unbranched alkanes of at least 4 members (excludes halogenated alkanes) is 1. The summed E-state index contributed by atoms with van der Waals surface area (Å²) in [5.41, 5.74) is 1.09. The van der Waals surface area contributed by atoms with E-state index in [9.17, 15) is 9.90 Å². The van der Waals surface area contributed by atoms with Gasteiger partial charge in [0.1, 0.15) is 0 Å². The molecule has 0 saturated carbocycles. The topological polar surface area (TPSA) is 107 Å². The molecular weight excluding hydrogens is 376 g/mol. The van der Waals surface area contributed by atoms with Gasteiger partial charge in [-0.15, -0.1) is 5.10 Å². The van der Waals surface area contributed by atoms with Crippen molar-refractivity contribution in [3.05, 3.63) is 53.9 Å². The van der Waals surface area contributed by atoms with Gasteiger partial charge in [-0.1, -0.05) is 42.5 Å². The number of urea groups is 1. The van der Waals surface area contributed by atoms with E-state index in [4.69, 9.17) is 0 Å². The van der Waals surface area contributed by atoms with E-state index in [0.29, 0.717) is 19.5 Å². The van der Waals surface area contributed by atoms with E-state index >= 15 is 0 Å². The predicted octanol–water partition coefficient (Wildman–Crippen LogP) is 1.77. The predicted molar refractivity (Wildman–Crippen MR) is 109 cm³/mol. The maximum atomic E-state index is 12.1. The quantitative estimate of drug-likeness (QED) is 0.391. The Balaban J connectivity index is 1.37. The monoisotopic (exact) mass is 402 g/mol. The maximum absolute atomic E-state index is 12.1. The number of aliphatic hydroxyl groups is 1. The van der Waals surface area contributed by atoms with E-state index in [2.05, 4.69) is 25.9 Å². The summed E-state index contributed by atoms with van der Waals surface area (Å²) in [5, 5.41) is 26.8. The van der Waals surface area contributed by atoms with Gasteiger partial charge in [0.2, 0.25) is 0 Å². The average molecular weight is 403 g/mol. The fraction of sp³-hybridized carbons (Fsp3) is 0.474. The Bertz CT molecular complexity index is 740. The molecule has 2 atom stereocenters. The van der Waals surface area contributed by atoms with Crippen molar-refractivity contribution in [1.29, 1.82) is 0 Å². The molecule has 0 radical (unpaired) electrons. The van der Waals surface area contributed by atoms with Crippen molar-refractivity contribution in [1.82, 2.24) is 30.8 Å². The zero-order valence-corrected chi connectivity index (χ0v) is 16.5. The lowest BCUT2D eigenvalue weighted by Gasteiger charge is -2.20. The number of hydrogen-bond acceptors (Lipinski definition) is 6. The highest BCUT2D eigenvalue weighted by Crippen LogP contribution is 2.14. The second-order valence-corrected chi connectivity index (χ2v) is 7.80. The summed E-state index contributed by atoms with van der Waals surface area (Å²) in [6, 6.07) is 9.85. The van der Waals surface area contributed by atoms with Gasteiger partial charge < -0.3 is 15.3 Å². The maximum Gasteiger partial charge on any atom is 0.318 e. The van der Waals surface area contributed by atoms with Crippen molar-refractivity contribution in [3.8, 4) is 0 Å². The van der Waals surface area contributed by atoms with Crippen LogP contribution in [-0.4, -0.2) is 67.6 Å². The van der Waals surface area contributed by atoms with Gasteiger partial charge in [-0.2, -0.15) is 11.8 Å². The lowest BCUT2D eigenvalue weighted by atomic mass is 10.1. The highest BCUT2D eigenvalue weighted by Gasteiger charge is 2.28. The number of H-pyrrole nitrogens is 1. The number of aromatic nitrogens is 4. The van der Waals surface area contributed by atoms with Crippen molar-refractivity contribution < 1.29 is 9.90 Å². The summed E-state index contributed by atoms with van der Waals surface area (Å²) < 4.78 is 0. The first-order valence-corrected chi connectivity index (χ1v) is 10.6. The summed E-state index contributed by atoms with van der Waals surface area (Å²) in [6.45, 7) is 1.29. The molecule has 150 valence electrons. The van der Waals surface area contributed by atoms with Crippen molar-refractivity contribution >= 4 is 17.8 Å². The number of benzene rings is 1. The molecule has 3 N–H and O–H groups in total. The lowest BCUT2D eigenvalue weighted by molar-refractivity contribution is 0.207. The molecule has 2 aromatic rings. The summed E-state index contributed by atoms with van der Waals surface area (Å²) in [6.07, 6.45) is 5.71. The number of aliphatic hydroxyl groups excluding tert-OH is 1. The second-order valence-electron chi connectivity index (χ2n) is 6.70. The van der Waals surface area contributed by atoms with Crippen molar-refractivity contribution in [2.24, 2.45) is 0 Å². The van der Waals surface area contributed by atoms with Crippen LogP contribution in [0.2, 0.25) is 0 Å². The van der Waals surface area contributed by atoms with Crippen LogP contribution in [0, 0.1) is 0 Å². The highest BCUT2D eigenvalue weighted by atomic mass is 32.2. The van der Waals surface area contributed by atoms with Crippen molar-refractivity contribution in [2.75, 3.05) is 18.8 Å². The third-order valence-electron chi connectivity index (χ3n) is 4.53. The molecule has 1 unspecified atom stereocenters. The molecule has 1 saturated heterocycles.